The van der Waals surface area contributed by atoms with Crippen LogP contribution in [0.15, 0.2) is 24.3 Å². The van der Waals surface area contributed by atoms with E-state index in [-0.39, 0.29) is 5.82 Å². The van der Waals surface area contributed by atoms with E-state index in [0.29, 0.717) is 29.6 Å². The van der Waals surface area contributed by atoms with E-state index in [1.807, 2.05) is 6.92 Å². The van der Waals surface area contributed by atoms with Crippen molar-refractivity contribution < 1.29 is 13.9 Å². The number of halogens is 1. The van der Waals surface area contributed by atoms with Crippen molar-refractivity contribution in [3.63, 3.8) is 0 Å². The van der Waals surface area contributed by atoms with Crippen LogP contribution >= 0.6 is 0 Å². The van der Waals surface area contributed by atoms with Crippen LogP contribution in [0, 0.1) is 5.82 Å². The first kappa shape index (κ1) is 12.5. The highest BCUT2D eigenvalue weighted by molar-refractivity contribution is 5.93. The normalized spacial score (nSPS) is 10.6. The number of nitrogens with zero attached hydrogens (tertiary/aromatic N) is 1. The van der Waals surface area contributed by atoms with E-state index in [0.717, 1.165) is 5.56 Å². The van der Waals surface area contributed by atoms with E-state index in [9.17, 15) is 9.18 Å². The van der Waals surface area contributed by atoms with Crippen LogP contribution in [0.4, 0.5) is 4.39 Å². The van der Waals surface area contributed by atoms with Crippen molar-refractivity contribution in [1.82, 2.24) is 4.98 Å². The second kappa shape index (κ2) is 5.12. The molecule has 0 fully saturated rings. The Hall–Kier alpha value is -1.97. The molecular formula is C14H14FNO2. The molecule has 1 aromatic carbocycles. The molecule has 2 rings (SSSR count). The molecule has 0 atom stereocenters. The van der Waals surface area contributed by atoms with Crippen LogP contribution in [0.5, 0.6) is 0 Å². The largest absolute Gasteiger partial charge is 0.461 e. The van der Waals surface area contributed by atoms with E-state index in [1.165, 1.54) is 12.1 Å². The third kappa shape index (κ3) is 2.32. The maximum atomic E-state index is 13.1. The van der Waals surface area contributed by atoms with Crippen LogP contribution in [-0.2, 0) is 11.2 Å². The van der Waals surface area contributed by atoms with Gasteiger partial charge in [0, 0.05) is 5.39 Å². The first-order chi connectivity index (χ1) is 8.65. The minimum absolute atomic E-state index is 0.310. The van der Waals surface area contributed by atoms with Gasteiger partial charge in [0.25, 0.3) is 0 Å². The fourth-order valence-corrected chi connectivity index (χ4v) is 1.84. The van der Waals surface area contributed by atoms with Gasteiger partial charge in [-0.2, -0.15) is 0 Å². The van der Waals surface area contributed by atoms with Crippen LogP contribution in [0.25, 0.3) is 10.9 Å². The lowest BCUT2D eigenvalue weighted by Gasteiger charge is -2.08. The lowest BCUT2D eigenvalue weighted by Crippen LogP contribution is -2.10. The van der Waals surface area contributed by atoms with Crippen LogP contribution in [0.3, 0.4) is 0 Å². The zero-order valence-electron chi connectivity index (χ0n) is 10.4. The SMILES string of the molecule is CCOC(=O)c1nc2ccc(F)cc2cc1CC. The Kier molecular flexibility index (Phi) is 3.55. The molecule has 0 radical (unpaired) electrons. The molecule has 94 valence electrons. The first-order valence-corrected chi connectivity index (χ1v) is 5.92. The molecule has 0 spiro atoms. The number of aromatic nitrogens is 1. The number of fused-ring (bicyclic) bond motifs is 1. The zero-order chi connectivity index (χ0) is 13.1. The number of hydrogen-bond donors (Lipinski definition) is 0. The van der Waals surface area contributed by atoms with Gasteiger partial charge in [-0.25, -0.2) is 14.2 Å². The lowest BCUT2D eigenvalue weighted by molar-refractivity contribution is 0.0518. The second-order valence-electron chi connectivity index (χ2n) is 3.91. The first-order valence-electron chi connectivity index (χ1n) is 5.92. The maximum absolute atomic E-state index is 13.1. The molecule has 0 aliphatic carbocycles. The van der Waals surface area contributed by atoms with Crippen LogP contribution in [-0.4, -0.2) is 17.6 Å². The van der Waals surface area contributed by atoms with Crippen molar-refractivity contribution in [2.45, 2.75) is 20.3 Å². The Morgan fingerprint density at radius 1 is 1.33 bits per heavy atom. The summed E-state index contributed by atoms with van der Waals surface area (Å²) >= 11 is 0. The molecule has 1 aromatic heterocycles. The Morgan fingerprint density at radius 3 is 2.78 bits per heavy atom. The van der Waals surface area contributed by atoms with Gasteiger partial charge < -0.3 is 4.74 Å². The summed E-state index contributed by atoms with van der Waals surface area (Å²) in [6.07, 6.45) is 0.646. The highest BCUT2D eigenvalue weighted by Crippen LogP contribution is 2.19. The van der Waals surface area contributed by atoms with E-state index < -0.39 is 5.97 Å². The molecule has 3 nitrogen and oxygen atoms in total. The van der Waals surface area contributed by atoms with Gasteiger partial charge in [-0.1, -0.05) is 6.92 Å². The predicted molar refractivity (Wildman–Crippen MR) is 67.0 cm³/mol. The summed E-state index contributed by atoms with van der Waals surface area (Å²) in [7, 11) is 0. The van der Waals surface area contributed by atoms with Crippen molar-refractivity contribution in [2.24, 2.45) is 0 Å². The molecule has 4 heteroatoms. The summed E-state index contributed by atoms with van der Waals surface area (Å²) in [6.45, 7) is 3.98. The standard InChI is InChI=1S/C14H14FNO2/c1-3-9-7-10-8-11(15)5-6-12(10)16-13(9)14(17)18-4-2/h5-8H,3-4H2,1-2H3. The molecule has 18 heavy (non-hydrogen) atoms. The summed E-state index contributed by atoms with van der Waals surface area (Å²) in [5, 5.41) is 0.694. The Labute approximate surface area is 105 Å². The van der Waals surface area contributed by atoms with E-state index in [2.05, 4.69) is 4.98 Å². The summed E-state index contributed by atoms with van der Waals surface area (Å²) in [6, 6.07) is 6.09. The van der Waals surface area contributed by atoms with Gasteiger partial charge in [0.2, 0.25) is 0 Å². The average Bonchev–Trinajstić information content (AvgIpc) is 2.37. The van der Waals surface area contributed by atoms with Gasteiger partial charge in [-0.05, 0) is 43.2 Å². The molecule has 0 aliphatic heterocycles. The summed E-state index contributed by atoms with van der Waals surface area (Å²) in [5.74, 6) is -0.740. The third-order valence-corrected chi connectivity index (χ3v) is 2.71. The number of benzene rings is 1. The second-order valence-corrected chi connectivity index (χ2v) is 3.91. The van der Waals surface area contributed by atoms with Crippen LogP contribution in [0.1, 0.15) is 29.9 Å². The van der Waals surface area contributed by atoms with Gasteiger partial charge in [0.15, 0.2) is 5.69 Å². The predicted octanol–water partition coefficient (Wildman–Crippen LogP) is 3.11. The van der Waals surface area contributed by atoms with E-state index in [1.54, 1.807) is 19.1 Å². The highest BCUT2D eigenvalue weighted by Gasteiger charge is 2.14. The molecule has 0 saturated heterocycles. The Balaban J connectivity index is 2.59. The number of carbonyl (C=O) groups excluding carboxylic acids is 1. The number of pyridine rings is 1. The van der Waals surface area contributed by atoms with Gasteiger partial charge in [-0.15, -0.1) is 0 Å². The van der Waals surface area contributed by atoms with E-state index >= 15 is 0 Å². The number of rotatable bonds is 3. The van der Waals surface area contributed by atoms with Crippen molar-refractivity contribution in [1.29, 1.82) is 0 Å². The van der Waals surface area contributed by atoms with Crippen LogP contribution in [0.2, 0.25) is 0 Å². The Bertz CT molecular complexity index is 596. The molecule has 0 bridgehead atoms. The number of aryl methyl sites for hydroxylation is 1. The molecular weight excluding hydrogens is 233 g/mol. The van der Waals surface area contributed by atoms with Crippen LogP contribution < -0.4 is 0 Å². The smallest absolute Gasteiger partial charge is 0.357 e. The highest BCUT2D eigenvalue weighted by atomic mass is 19.1. The van der Waals surface area contributed by atoms with Gasteiger partial charge >= 0.3 is 5.97 Å². The molecule has 2 aromatic rings. The fourth-order valence-electron chi connectivity index (χ4n) is 1.84. The van der Waals surface area contributed by atoms with E-state index in [4.69, 9.17) is 4.74 Å². The molecule has 1 heterocycles. The number of hydrogen-bond acceptors (Lipinski definition) is 3. The fraction of sp³-hybridized carbons (Fsp3) is 0.286. The molecule has 0 N–H and O–H groups in total. The third-order valence-electron chi connectivity index (χ3n) is 2.71. The molecule has 0 amide bonds. The van der Waals surface area contributed by atoms with Crippen molar-refractivity contribution in [3.05, 3.63) is 41.3 Å². The molecule has 0 aliphatic rings. The van der Waals surface area contributed by atoms with Gasteiger partial charge in [-0.3, -0.25) is 0 Å². The molecule has 0 unspecified atom stereocenters. The summed E-state index contributed by atoms with van der Waals surface area (Å²) in [5.41, 5.74) is 1.68. The minimum atomic E-state index is -0.430. The van der Waals surface area contributed by atoms with Crippen molar-refractivity contribution >= 4 is 16.9 Å². The van der Waals surface area contributed by atoms with Gasteiger partial charge in [0.1, 0.15) is 5.82 Å². The lowest BCUT2D eigenvalue weighted by atomic mass is 10.1. The van der Waals surface area contributed by atoms with Crippen molar-refractivity contribution in [3.8, 4) is 0 Å². The quantitative estimate of drug-likeness (QED) is 0.782. The maximum Gasteiger partial charge on any atom is 0.357 e. The number of esters is 1. The minimum Gasteiger partial charge on any atom is -0.461 e. The Morgan fingerprint density at radius 2 is 2.11 bits per heavy atom. The topological polar surface area (TPSA) is 39.2 Å². The number of carbonyl (C=O) groups is 1. The summed E-state index contributed by atoms with van der Waals surface area (Å²) in [4.78, 5) is 16.0. The zero-order valence-corrected chi connectivity index (χ0v) is 10.4. The molecule has 0 saturated carbocycles. The van der Waals surface area contributed by atoms with Crippen molar-refractivity contribution in [2.75, 3.05) is 6.61 Å². The number of ether oxygens (including phenoxy) is 1. The average molecular weight is 247 g/mol. The monoisotopic (exact) mass is 247 g/mol. The van der Waals surface area contributed by atoms with Gasteiger partial charge in [0.05, 0.1) is 12.1 Å². The summed E-state index contributed by atoms with van der Waals surface area (Å²) < 4.78 is 18.1.